The van der Waals surface area contributed by atoms with Crippen molar-refractivity contribution in [3.63, 3.8) is 0 Å². The first kappa shape index (κ1) is 16.1. The van der Waals surface area contributed by atoms with Crippen LogP contribution in [0.4, 0.5) is 4.79 Å². The normalized spacial score (nSPS) is 18.7. The van der Waals surface area contributed by atoms with E-state index in [1.807, 2.05) is 34.0 Å². The Morgan fingerprint density at radius 3 is 2.62 bits per heavy atom. The fourth-order valence-electron chi connectivity index (χ4n) is 2.13. The van der Waals surface area contributed by atoms with Crippen LogP contribution in [0.3, 0.4) is 0 Å². The summed E-state index contributed by atoms with van der Waals surface area (Å²) in [7, 11) is 0. The maximum Gasteiger partial charge on any atom is 0.408 e. The van der Waals surface area contributed by atoms with E-state index >= 15 is 0 Å². The summed E-state index contributed by atoms with van der Waals surface area (Å²) in [5, 5.41) is 7.12. The number of alkyl carbamates (subject to hydrolysis) is 1. The highest BCUT2D eigenvalue weighted by atomic mass is 32.2. The van der Waals surface area contributed by atoms with Gasteiger partial charge < -0.3 is 14.6 Å². The van der Waals surface area contributed by atoms with Gasteiger partial charge in [0.25, 0.3) is 0 Å². The highest BCUT2D eigenvalue weighted by molar-refractivity contribution is 7.98. The van der Waals surface area contributed by atoms with Crippen molar-refractivity contribution >= 4 is 17.9 Å². The predicted molar refractivity (Wildman–Crippen MR) is 81.1 cm³/mol. The number of hydrogen-bond acceptors (Lipinski definition) is 6. The second-order valence-corrected chi connectivity index (χ2v) is 7.58. The minimum atomic E-state index is -0.539. The van der Waals surface area contributed by atoms with E-state index in [2.05, 4.69) is 15.5 Å². The summed E-state index contributed by atoms with van der Waals surface area (Å²) in [4.78, 5) is 16.5. The van der Waals surface area contributed by atoms with Gasteiger partial charge in [0.2, 0.25) is 5.89 Å². The molecule has 1 aliphatic carbocycles. The number of rotatable bonds is 4. The molecule has 0 radical (unpaired) electrons. The lowest BCUT2D eigenvalue weighted by Gasteiger charge is -2.39. The van der Waals surface area contributed by atoms with Crippen molar-refractivity contribution in [1.82, 2.24) is 15.5 Å². The molecule has 1 amide bonds. The van der Waals surface area contributed by atoms with E-state index < -0.39 is 17.2 Å². The number of nitrogens with one attached hydrogen (secondary N) is 1. The smallest absolute Gasteiger partial charge is 0.408 e. The van der Waals surface area contributed by atoms with Crippen molar-refractivity contribution in [2.24, 2.45) is 0 Å². The van der Waals surface area contributed by atoms with Gasteiger partial charge in [0.1, 0.15) is 11.1 Å². The molecule has 1 aromatic rings. The van der Waals surface area contributed by atoms with Gasteiger partial charge in [-0.05, 0) is 53.2 Å². The number of amides is 1. The largest absolute Gasteiger partial charge is 0.444 e. The molecule has 1 aromatic heterocycles. The van der Waals surface area contributed by atoms with Gasteiger partial charge in [-0.25, -0.2) is 4.79 Å². The Kier molecular flexibility index (Phi) is 4.51. The fraction of sp³-hybridized carbons (Fsp3) is 0.786. The van der Waals surface area contributed by atoms with E-state index in [1.54, 1.807) is 11.8 Å². The lowest BCUT2D eigenvalue weighted by atomic mass is 9.76. The summed E-state index contributed by atoms with van der Waals surface area (Å²) in [6.45, 7) is 7.53. The Labute approximate surface area is 129 Å². The maximum atomic E-state index is 12.0. The first-order chi connectivity index (χ1) is 9.76. The standard InChI is InChI=1S/C14H23N3O3S/c1-9(21-5)10-15-11(17-20-10)14(7-6-8-14)16-12(18)19-13(2,3)4/h9H,6-8H2,1-5H3,(H,16,18)/t9-/m1/s1. The Morgan fingerprint density at radius 2 is 2.14 bits per heavy atom. The van der Waals surface area contributed by atoms with Gasteiger partial charge in [-0.15, -0.1) is 0 Å². The average molecular weight is 313 g/mol. The average Bonchev–Trinajstić information content (AvgIpc) is 2.80. The molecule has 0 spiro atoms. The van der Waals surface area contributed by atoms with Crippen LogP contribution in [-0.4, -0.2) is 28.1 Å². The maximum absolute atomic E-state index is 12.0. The van der Waals surface area contributed by atoms with Gasteiger partial charge in [0.05, 0.1) is 5.25 Å². The van der Waals surface area contributed by atoms with E-state index in [0.29, 0.717) is 11.7 Å². The van der Waals surface area contributed by atoms with Crippen LogP contribution in [0.15, 0.2) is 4.52 Å². The molecular weight excluding hydrogens is 290 g/mol. The van der Waals surface area contributed by atoms with E-state index in [-0.39, 0.29) is 5.25 Å². The van der Waals surface area contributed by atoms with E-state index in [4.69, 9.17) is 9.26 Å². The van der Waals surface area contributed by atoms with Gasteiger partial charge >= 0.3 is 6.09 Å². The second kappa shape index (κ2) is 5.87. The predicted octanol–water partition coefficient (Wildman–Crippen LogP) is 3.40. The molecule has 1 saturated carbocycles. The fourth-order valence-corrected chi connectivity index (χ4v) is 2.43. The zero-order chi connectivity index (χ0) is 15.7. The van der Waals surface area contributed by atoms with Crippen molar-refractivity contribution in [3.8, 4) is 0 Å². The Balaban J connectivity index is 2.11. The van der Waals surface area contributed by atoms with Gasteiger partial charge in [-0.1, -0.05) is 5.16 Å². The number of nitrogens with zero attached hydrogens (tertiary/aromatic N) is 2. The number of hydrogen-bond donors (Lipinski definition) is 1. The summed E-state index contributed by atoms with van der Waals surface area (Å²) in [6, 6.07) is 0. The molecule has 1 atom stereocenters. The highest BCUT2D eigenvalue weighted by Crippen LogP contribution is 2.40. The van der Waals surface area contributed by atoms with Crippen LogP contribution >= 0.6 is 11.8 Å². The van der Waals surface area contributed by atoms with E-state index in [0.717, 1.165) is 19.3 Å². The number of carbonyl (C=O) groups excluding carboxylic acids is 1. The topological polar surface area (TPSA) is 77.2 Å². The van der Waals surface area contributed by atoms with Crippen LogP contribution in [-0.2, 0) is 10.3 Å². The molecule has 21 heavy (non-hydrogen) atoms. The number of aromatic nitrogens is 2. The molecule has 0 aromatic carbocycles. The molecule has 7 heteroatoms. The van der Waals surface area contributed by atoms with Gasteiger partial charge in [-0.2, -0.15) is 16.7 Å². The summed E-state index contributed by atoms with van der Waals surface area (Å²) < 4.78 is 10.6. The quantitative estimate of drug-likeness (QED) is 0.918. The molecule has 2 rings (SSSR count). The first-order valence-corrected chi connectivity index (χ1v) is 8.42. The van der Waals surface area contributed by atoms with Gasteiger partial charge in [-0.3, -0.25) is 0 Å². The van der Waals surface area contributed by atoms with Crippen LogP contribution in [0.1, 0.15) is 63.9 Å². The molecule has 1 aliphatic rings. The number of ether oxygens (including phenoxy) is 1. The van der Waals surface area contributed by atoms with Crippen molar-refractivity contribution in [2.75, 3.05) is 6.26 Å². The third-order valence-corrected chi connectivity index (χ3v) is 4.43. The summed E-state index contributed by atoms with van der Waals surface area (Å²) in [5.41, 5.74) is -1.06. The third-order valence-electron chi connectivity index (χ3n) is 3.52. The molecule has 0 aliphatic heterocycles. The molecule has 6 nitrogen and oxygen atoms in total. The van der Waals surface area contributed by atoms with Gasteiger partial charge in [0.15, 0.2) is 5.82 Å². The molecule has 1 fully saturated rings. The van der Waals surface area contributed by atoms with Crippen molar-refractivity contribution in [3.05, 3.63) is 11.7 Å². The zero-order valence-corrected chi connectivity index (χ0v) is 14.0. The minimum absolute atomic E-state index is 0.143. The lowest BCUT2D eigenvalue weighted by Crippen LogP contribution is -2.52. The van der Waals surface area contributed by atoms with Crippen LogP contribution in [0, 0.1) is 0 Å². The molecule has 0 unspecified atom stereocenters. The molecule has 0 bridgehead atoms. The van der Waals surface area contributed by atoms with Crippen LogP contribution in [0.2, 0.25) is 0 Å². The minimum Gasteiger partial charge on any atom is -0.444 e. The summed E-state index contributed by atoms with van der Waals surface area (Å²) in [6.07, 6.45) is 4.19. The molecular formula is C14H23N3O3S. The summed E-state index contributed by atoms with van der Waals surface area (Å²) >= 11 is 1.64. The molecule has 0 saturated heterocycles. The van der Waals surface area contributed by atoms with Crippen molar-refractivity contribution < 1.29 is 14.1 Å². The Morgan fingerprint density at radius 1 is 1.48 bits per heavy atom. The van der Waals surface area contributed by atoms with Crippen LogP contribution in [0.5, 0.6) is 0 Å². The molecule has 1 heterocycles. The molecule has 1 N–H and O–H groups in total. The highest BCUT2D eigenvalue weighted by Gasteiger charge is 2.45. The van der Waals surface area contributed by atoms with Crippen molar-refractivity contribution in [2.45, 2.75) is 63.3 Å². The Bertz CT molecular complexity index is 506. The first-order valence-electron chi connectivity index (χ1n) is 7.14. The second-order valence-electron chi connectivity index (χ2n) is 6.40. The van der Waals surface area contributed by atoms with E-state index in [1.165, 1.54) is 0 Å². The number of thioether (sulfide) groups is 1. The van der Waals surface area contributed by atoms with Gasteiger partial charge in [0, 0.05) is 0 Å². The van der Waals surface area contributed by atoms with E-state index in [9.17, 15) is 4.79 Å². The summed E-state index contributed by atoms with van der Waals surface area (Å²) in [5.74, 6) is 1.14. The Hall–Kier alpha value is -1.24. The number of carbonyl (C=O) groups is 1. The van der Waals surface area contributed by atoms with Crippen LogP contribution in [0.25, 0.3) is 0 Å². The van der Waals surface area contributed by atoms with Crippen LogP contribution < -0.4 is 5.32 Å². The SMILES string of the molecule is CS[C@H](C)c1nc(C2(NC(=O)OC(C)(C)C)CCC2)no1. The lowest BCUT2D eigenvalue weighted by molar-refractivity contribution is 0.0362. The third kappa shape index (κ3) is 3.70. The molecule has 118 valence electrons. The monoisotopic (exact) mass is 313 g/mol. The zero-order valence-electron chi connectivity index (χ0n) is 13.2. The van der Waals surface area contributed by atoms with Crippen molar-refractivity contribution in [1.29, 1.82) is 0 Å².